The summed E-state index contributed by atoms with van der Waals surface area (Å²) in [6.45, 7) is 0. The molecule has 42 heavy (non-hydrogen) atoms. The van der Waals surface area contributed by atoms with Crippen molar-refractivity contribution in [3.05, 3.63) is 151 Å². The van der Waals surface area contributed by atoms with Crippen LogP contribution >= 0.6 is 0 Å². The zero-order chi connectivity index (χ0) is 28.3. The molecule has 0 amide bonds. The summed E-state index contributed by atoms with van der Waals surface area (Å²) in [7, 11) is 0. The van der Waals surface area contributed by atoms with Crippen molar-refractivity contribution in [3.8, 4) is 62.5 Å². The Morgan fingerprint density at radius 1 is 0.357 bits per heavy atom. The summed E-state index contributed by atoms with van der Waals surface area (Å²) in [5, 5.41) is 11.6. The molecule has 1 heterocycles. The van der Waals surface area contributed by atoms with Crippen molar-refractivity contribution in [2.45, 2.75) is 0 Å². The molecule has 0 aliphatic heterocycles. The molecule has 0 unspecified atom stereocenters. The Morgan fingerprint density at radius 2 is 0.762 bits per heavy atom. The summed E-state index contributed by atoms with van der Waals surface area (Å²) in [4.78, 5) is 14.5. The first-order chi connectivity index (χ1) is 20.7. The Balaban J connectivity index is 1.22. The van der Waals surface area contributed by atoms with Gasteiger partial charge in [-0.3, -0.25) is 0 Å². The van der Waals surface area contributed by atoms with E-state index in [2.05, 4.69) is 66.7 Å². The molecule has 7 aromatic rings. The van der Waals surface area contributed by atoms with Crippen LogP contribution in [-0.4, -0.2) is 15.0 Å². The molecule has 0 aliphatic rings. The molecule has 6 aromatic carbocycles. The molecule has 0 saturated carbocycles. The largest absolute Gasteiger partial charge is 0.208 e. The van der Waals surface area contributed by atoms with Crippen LogP contribution in [0.2, 0.25) is 0 Å². The van der Waals surface area contributed by atoms with Gasteiger partial charge in [0.2, 0.25) is 0 Å². The summed E-state index contributed by atoms with van der Waals surface area (Å²) < 4.78 is 0. The van der Waals surface area contributed by atoms with Crippen LogP contribution in [0, 0.1) is 11.3 Å². The lowest BCUT2D eigenvalue weighted by Gasteiger charge is -2.10. The van der Waals surface area contributed by atoms with E-state index in [1.54, 1.807) is 0 Å². The van der Waals surface area contributed by atoms with Gasteiger partial charge in [0.25, 0.3) is 0 Å². The van der Waals surface area contributed by atoms with Gasteiger partial charge in [-0.05, 0) is 57.3 Å². The molecular formula is C38H24N4. The highest BCUT2D eigenvalue weighted by molar-refractivity contribution is 5.91. The Kier molecular flexibility index (Phi) is 6.52. The summed E-state index contributed by atoms with van der Waals surface area (Å²) in [6.07, 6.45) is 0. The number of nitriles is 1. The topological polar surface area (TPSA) is 62.5 Å². The molecule has 0 atom stereocenters. The normalized spacial score (nSPS) is 10.8. The second kappa shape index (κ2) is 10.9. The Bertz CT molecular complexity index is 2020. The molecule has 4 heteroatoms. The highest BCUT2D eigenvalue weighted by atomic mass is 15.0. The zero-order valence-electron chi connectivity index (χ0n) is 22.6. The minimum atomic E-state index is 0.640. The monoisotopic (exact) mass is 536 g/mol. The van der Waals surface area contributed by atoms with Crippen molar-refractivity contribution in [1.29, 1.82) is 5.26 Å². The molecule has 0 fully saturated rings. The van der Waals surface area contributed by atoms with E-state index in [1.807, 2.05) is 84.9 Å². The van der Waals surface area contributed by atoms with E-state index >= 15 is 0 Å². The highest BCUT2D eigenvalue weighted by Gasteiger charge is 2.12. The van der Waals surface area contributed by atoms with Gasteiger partial charge in [-0.2, -0.15) is 5.26 Å². The van der Waals surface area contributed by atoms with Gasteiger partial charge in [0.15, 0.2) is 17.5 Å². The number of hydrogen-bond acceptors (Lipinski definition) is 4. The maximum atomic E-state index is 9.26. The number of fused-ring (bicyclic) bond motifs is 1. The van der Waals surface area contributed by atoms with Crippen molar-refractivity contribution in [2.24, 2.45) is 0 Å². The average molecular weight is 537 g/mol. The van der Waals surface area contributed by atoms with Gasteiger partial charge < -0.3 is 0 Å². The molecule has 4 nitrogen and oxygen atoms in total. The zero-order valence-corrected chi connectivity index (χ0v) is 22.6. The molecule has 7 rings (SSSR count). The SMILES string of the molecule is N#Cc1cccc(-c2ccc3cc(-c4ccc(-c5nc(-c6ccccc6)nc(-c6ccccc6)n5)cc4)ccc3c2)c1. The highest BCUT2D eigenvalue weighted by Crippen LogP contribution is 2.31. The number of aromatic nitrogens is 3. The second-order valence-electron chi connectivity index (χ2n) is 10.1. The van der Waals surface area contributed by atoms with Gasteiger partial charge in [0, 0.05) is 16.7 Å². The van der Waals surface area contributed by atoms with Crippen LogP contribution in [0.3, 0.4) is 0 Å². The van der Waals surface area contributed by atoms with Gasteiger partial charge in [-0.25, -0.2) is 15.0 Å². The first kappa shape index (κ1) is 25.1. The molecular weight excluding hydrogens is 512 g/mol. The van der Waals surface area contributed by atoms with Crippen LogP contribution in [-0.2, 0) is 0 Å². The number of rotatable bonds is 5. The van der Waals surface area contributed by atoms with Crippen LogP contribution in [0.1, 0.15) is 5.56 Å². The summed E-state index contributed by atoms with van der Waals surface area (Å²) >= 11 is 0. The van der Waals surface area contributed by atoms with Gasteiger partial charge in [0.1, 0.15) is 0 Å². The number of nitrogens with zero attached hydrogens (tertiary/aromatic N) is 4. The van der Waals surface area contributed by atoms with Crippen molar-refractivity contribution in [2.75, 3.05) is 0 Å². The van der Waals surface area contributed by atoms with E-state index in [9.17, 15) is 5.26 Å². The Morgan fingerprint density at radius 3 is 1.29 bits per heavy atom. The smallest absolute Gasteiger partial charge is 0.164 e. The first-order valence-electron chi connectivity index (χ1n) is 13.8. The fourth-order valence-electron chi connectivity index (χ4n) is 5.12. The third kappa shape index (κ3) is 5.03. The van der Waals surface area contributed by atoms with Crippen molar-refractivity contribution >= 4 is 10.8 Å². The molecule has 0 spiro atoms. The predicted molar refractivity (Wildman–Crippen MR) is 169 cm³/mol. The van der Waals surface area contributed by atoms with E-state index in [4.69, 9.17) is 15.0 Å². The van der Waals surface area contributed by atoms with Gasteiger partial charge in [-0.1, -0.05) is 121 Å². The van der Waals surface area contributed by atoms with Crippen molar-refractivity contribution in [3.63, 3.8) is 0 Å². The standard InChI is InChI=1S/C38H24N4/c39-25-26-8-7-13-31(22-26)33-20-21-34-23-32(18-19-35(34)24-33)27-14-16-30(17-15-27)38-41-36(28-9-3-1-4-10-28)40-37(42-38)29-11-5-2-6-12-29/h1-24H. The van der Waals surface area contributed by atoms with Gasteiger partial charge in [0.05, 0.1) is 11.6 Å². The van der Waals surface area contributed by atoms with E-state index in [-0.39, 0.29) is 0 Å². The van der Waals surface area contributed by atoms with Crippen LogP contribution in [0.4, 0.5) is 0 Å². The van der Waals surface area contributed by atoms with Crippen LogP contribution in [0.15, 0.2) is 146 Å². The van der Waals surface area contributed by atoms with Crippen LogP contribution in [0.25, 0.3) is 67.2 Å². The Labute approximate surface area is 244 Å². The lowest BCUT2D eigenvalue weighted by Crippen LogP contribution is -2.00. The van der Waals surface area contributed by atoms with E-state index in [0.29, 0.717) is 23.0 Å². The van der Waals surface area contributed by atoms with Gasteiger partial charge in [-0.15, -0.1) is 0 Å². The molecule has 0 saturated heterocycles. The van der Waals surface area contributed by atoms with E-state index in [0.717, 1.165) is 49.7 Å². The third-order valence-corrected chi connectivity index (χ3v) is 7.34. The summed E-state index contributed by atoms with van der Waals surface area (Å²) in [6, 6.07) is 51.3. The second-order valence-corrected chi connectivity index (χ2v) is 10.1. The fraction of sp³-hybridized carbons (Fsp3) is 0. The number of hydrogen-bond donors (Lipinski definition) is 0. The van der Waals surface area contributed by atoms with Crippen molar-refractivity contribution < 1.29 is 0 Å². The lowest BCUT2D eigenvalue weighted by atomic mass is 9.97. The molecule has 0 bridgehead atoms. The quantitative estimate of drug-likeness (QED) is 0.220. The summed E-state index contributed by atoms with van der Waals surface area (Å²) in [5.41, 5.74) is 7.89. The molecule has 0 N–H and O–H groups in total. The lowest BCUT2D eigenvalue weighted by molar-refractivity contribution is 1.07. The molecule has 0 radical (unpaired) electrons. The van der Waals surface area contributed by atoms with E-state index < -0.39 is 0 Å². The van der Waals surface area contributed by atoms with Crippen molar-refractivity contribution in [1.82, 2.24) is 15.0 Å². The molecule has 196 valence electrons. The van der Waals surface area contributed by atoms with Crippen LogP contribution < -0.4 is 0 Å². The van der Waals surface area contributed by atoms with E-state index in [1.165, 1.54) is 0 Å². The maximum absolute atomic E-state index is 9.26. The average Bonchev–Trinajstić information content (AvgIpc) is 3.08. The fourth-order valence-corrected chi connectivity index (χ4v) is 5.12. The molecule has 1 aromatic heterocycles. The third-order valence-electron chi connectivity index (χ3n) is 7.34. The summed E-state index contributed by atoms with van der Waals surface area (Å²) in [5.74, 6) is 1.94. The first-order valence-corrected chi connectivity index (χ1v) is 13.8. The Hall–Kier alpha value is -5.92. The van der Waals surface area contributed by atoms with Crippen LogP contribution in [0.5, 0.6) is 0 Å². The minimum absolute atomic E-state index is 0.640. The number of benzene rings is 6. The predicted octanol–water partition coefficient (Wildman–Crippen LogP) is 9.23. The maximum Gasteiger partial charge on any atom is 0.164 e. The minimum Gasteiger partial charge on any atom is -0.208 e. The van der Waals surface area contributed by atoms with Gasteiger partial charge >= 0.3 is 0 Å². The molecule has 0 aliphatic carbocycles.